The van der Waals surface area contributed by atoms with Crippen LogP contribution in [0.4, 0.5) is 0 Å². The third kappa shape index (κ3) is 3.70. The van der Waals surface area contributed by atoms with E-state index in [4.69, 9.17) is 0 Å². The molecule has 1 saturated heterocycles. The molecule has 136 valence electrons. The quantitative estimate of drug-likeness (QED) is 0.814. The third-order valence-corrected chi connectivity index (χ3v) is 5.10. The molecule has 0 aromatic heterocycles. The van der Waals surface area contributed by atoms with Gasteiger partial charge in [-0.05, 0) is 23.5 Å². The van der Waals surface area contributed by atoms with Gasteiger partial charge in [-0.3, -0.25) is 14.5 Å². The van der Waals surface area contributed by atoms with E-state index in [1.54, 1.807) is 0 Å². The molecule has 0 saturated carbocycles. The van der Waals surface area contributed by atoms with E-state index >= 15 is 0 Å². The Morgan fingerprint density at radius 3 is 1.96 bits per heavy atom. The average molecular weight is 351 g/mol. The molecule has 3 atom stereocenters. The fourth-order valence-electron chi connectivity index (χ4n) is 3.62. The summed E-state index contributed by atoms with van der Waals surface area (Å²) in [6, 6.07) is 19.2. The second-order valence-electron chi connectivity index (χ2n) is 7.30. The van der Waals surface area contributed by atoms with Gasteiger partial charge in [-0.2, -0.15) is 0 Å². The zero-order valence-corrected chi connectivity index (χ0v) is 15.2. The van der Waals surface area contributed by atoms with Crippen molar-refractivity contribution in [2.75, 3.05) is 0 Å². The van der Waals surface area contributed by atoms with Crippen LogP contribution in [-0.4, -0.2) is 27.9 Å². The van der Waals surface area contributed by atoms with Gasteiger partial charge in [0.1, 0.15) is 0 Å². The van der Waals surface area contributed by atoms with Crippen LogP contribution in [0.25, 0.3) is 0 Å². The van der Waals surface area contributed by atoms with E-state index in [1.165, 1.54) is 4.90 Å². The van der Waals surface area contributed by atoms with Gasteiger partial charge in [0.15, 0.2) is 0 Å². The molecule has 3 rings (SSSR count). The maximum absolute atomic E-state index is 13.1. The van der Waals surface area contributed by atoms with Crippen LogP contribution in [0.1, 0.15) is 25.0 Å². The molecule has 1 N–H and O–H groups in total. The van der Waals surface area contributed by atoms with Crippen molar-refractivity contribution in [3.05, 3.63) is 71.8 Å². The Morgan fingerprint density at radius 1 is 0.885 bits per heavy atom. The minimum Gasteiger partial charge on any atom is -0.392 e. The second kappa shape index (κ2) is 7.83. The summed E-state index contributed by atoms with van der Waals surface area (Å²) in [5.41, 5.74) is 1.91. The highest BCUT2D eigenvalue weighted by Crippen LogP contribution is 2.35. The van der Waals surface area contributed by atoms with Crippen LogP contribution in [0.15, 0.2) is 60.7 Å². The number of hydrogen-bond acceptors (Lipinski definition) is 3. The summed E-state index contributed by atoms with van der Waals surface area (Å²) >= 11 is 0. The summed E-state index contributed by atoms with van der Waals surface area (Å²) < 4.78 is 0. The van der Waals surface area contributed by atoms with E-state index in [0.717, 1.165) is 11.1 Å². The number of aliphatic hydroxyl groups excluding tert-OH is 1. The molecule has 2 aromatic rings. The summed E-state index contributed by atoms with van der Waals surface area (Å²) in [5, 5.41) is 10.6. The number of likely N-dealkylation sites (tertiary alicyclic amines) is 1. The molecule has 1 fully saturated rings. The molecule has 26 heavy (non-hydrogen) atoms. The van der Waals surface area contributed by atoms with E-state index in [-0.39, 0.29) is 24.3 Å². The van der Waals surface area contributed by atoms with Crippen molar-refractivity contribution in [1.82, 2.24) is 4.90 Å². The topological polar surface area (TPSA) is 57.6 Å². The maximum Gasteiger partial charge on any atom is 0.236 e. The Kier molecular flexibility index (Phi) is 5.52. The lowest BCUT2D eigenvalue weighted by molar-refractivity contribution is -0.141. The summed E-state index contributed by atoms with van der Waals surface area (Å²) in [4.78, 5) is 27.4. The lowest BCUT2D eigenvalue weighted by Gasteiger charge is -2.24. The number of imide groups is 1. The van der Waals surface area contributed by atoms with Crippen LogP contribution in [0.5, 0.6) is 0 Å². The first-order valence-electron chi connectivity index (χ1n) is 9.10. The number of carbonyl (C=O) groups is 2. The Balaban J connectivity index is 1.89. The first kappa shape index (κ1) is 18.3. The average Bonchev–Trinajstić information content (AvgIpc) is 2.87. The molecule has 1 heterocycles. The molecule has 1 aliphatic rings. The van der Waals surface area contributed by atoms with Crippen molar-refractivity contribution in [2.45, 2.75) is 32.9 Å². The van der Waals surface area contributed by atoms with Crippen LogP contribution in [0.2, 0.25) is 0 Å². The number of hydrogen-bond donors (Lipinski definition) is 1. The van der Waals surface area contributed by atoms with E-state index in [9.17, 15) is 14.7 Å². The first-order valence-corrected chi connectivity index (χ1v) is 9.10. The molecule has 0 aliphatic carbocycles. The largest absolute Gasteiger partial charge is 0.392 e. The summed E-state index contributed by atoms with van der Waals surface area (Å²) in [5.74, 6) is -1.75. The molecule has 2 amide bonds. The van der Waals surface area contributed by atoms with Crippen molar-refractivity contribution in [3.8, 4) is 0 Å². The maximum atomic E-state index is 13.1. The molecular weight excluding hydrogens is 326 g/mol. The van der Waals surface area contributed by atoms with Gasteiger partial charge in [0, 0.05) is 0 Å². The summed E-state index contributed by atoms with van der Waals surface area (Å²) in [7, 11) is 0. The van der Waals surface area contributed by atoms with Gasteiger partial charge in [0.2, 0.25) is 11.8 Å². The highest BCUT2D eigenvalue weighted by Gasteiger charge is 2.50. The van der Waals surface area contributed by atoms with Crippen LogP contribution in [0.3, 0.4) is 0 Å². The molecule has 1 aliphatic heterocycles. The van der Waals surface area contributed by atoms with Crippen LogP contribution >= 0.6 is 0 Å². The van der Waals surface area contributed by atoms with E-state index in [2.05, 4.69) is 0 Å². The Labute approximate surface area is 154 Å². The standard InChI is InChI=1S/C22H25NO3/c1-15(2)20(24)19-18(13-16-9-5-3-6-10-16)21(25)23(22(19)26)14-17-11-7-4-8-12-17/h3-12,15,18-20,24H,13-14H2,1-2H3/t18-,19+,20?/m0/s1. The zero-order valence-electron chi connectivity index (χ0n) is 15.2. The van der Waals surface area contributed by atoms with E-state index < -0.39 is 17.9 Å². The van der Waals surface area contributed by atoms with Crippen molar-refractivity contribution in [1.29, 1.82) is 0 Å². The Bertz CT molecular complexity index is 757. The van der Waals surface area contributed by atoms with Crippen molar-refractivity contribution in [2.24, 2.45) is 17.8 Å². The van der Waals surface area contributed by atoms with Crippen LogP contribution in [0, 0.1) is 17.8 Å². The van der Waals surface area contributed by atoms with Crippen LogP contribution < -0.4 is 0 Å². The van der Waals surface area contributed by atoms with Gasteiger partial charge in [0.05, 0.1) is 24.5 Å². The first-order chi connectivity index (χ1) is 12.5. The molecule has 0 radical (unpaired) electrons. The molecule has 0 bridgehead atoms. The van der Waals surface area contributed by atoms with Crippen molar-refractivity contribution in [3.63, 3.8) is 0 Å². The van der Waals surface area contributed by atoms with E-state index in [0.29, 0.717) is 6.42 Å². The monoisotopic (exact) mass is 351 g/mol. The second-order valence-corrected chi connectivity index (χ2v) is 7.30. The number of nitrogens with zero attached hydrogens (tertiary/aromatic N) is 1. The molecule has 2 aromatic carbocycles. The number of benzene rings is 2. The fourth-order valence-corrected chi connectivity index (χ4v) is 3.62. The predicted molar refractivity (Wildman–Crippen MR) is 100.0 cm³/mol. The number of rotatable bonds is 6. The molecule has 4 heteroatoms. The normalized spacial score (nSPS) is 21.5. The predicted octanol–water partition coefficient (Wildman–Crippen LogP) is 3.05. The van der Waals surface area contributed by atoms with Gasteiger partial charge in [-0.15, -0.1) is 0 Å². The van der Waals surface area contributed by atoms with Gasteiger partial charge < -0.3 is 5.11 Å². The summed E-state index contributed by atoms with van der Waals surface area (Å²) in [6.07, 6.45) is -0.369. The summed E-state index contributed by atoms with van der Waals surface area (Å²) in [6.45, 7) is 4.01. The molecule has 0 spiro atoms. The SMILES string of the molecule is CC(C)C(O)[C@@H]1C(=O)N(Cc2ccccc2)C(=O)[C@H]1Cc1ccccc1. The number of aliphatic hydroxyl groups is 1. The van der Waals surface area contributed by atoms with Crippen molar-refractivity contribution < 1.29 is 14.7 Å². The van der Waals surface area contributed by atoms with Gasteiger partial charge in [-0.25, -0.2) is 0 Å². The lowest BCUT2D eigenvalue weighted by atomic mass is 9.81. The van der Waals surface area contributed by atoms with Crippen LogP contribution in [-0.2, 0) is 22.6 Å². The number of amides is 2. The zero-order chi connectivity index (χ0) is 18.7. The molecule has 1 unspecified atom stereocenters. The highest BCUT2D eigenvalue weighted by molar-refractivity contribution is 6.05. The van der Waals surface area contributed by atoms with Gasteiger partial charge in [-0.1, -0.05) is 74.5 Å². The van der Waals surface area contributed by atoms with Gasteiger partial charge >= 0.3 is 0 Å². The molecular formula is C22H25NO3. The minimum atomic E-state index is -0.832. The lowest BCUT2D eigenvalue weighted by Crippen LogP contribution is -2.36. The van der Waals surface area contributed by atoms with E-state index in [1.807, 2.05) is 74.5 Å². The minimum absolute atomic E-state index is 0.0910. The van der Waals surface area contributed by atoms with Crippen molar-refractivity contribution >= 4 is 11.8 Å². The Morgan fingerprint density at radius 2 is 1.42 bits per heavy atom. The highest BCUT2D eigenvalue weighted by atomic mass is 16.3. The smallest absolute Gasteiger partial charge is 0.236 e. The fraction of sp³-hybridized carbons (Fsp3) is 0.364. The Hall–Kier alpha value is -2.46. The number of carbonyl (C=O) groups excluding carboxylic acids is 2. The molecule has 4 nitrogen and oxygen atoms in total. The van der Waals surface area contributed by atoms with Gasteiger partial charge in [0.25, 0.3) is 0 Å². The third-order valence-electron chi connectivity index (χ3n) is 5.10.